The van der Waals surface area contributed by atoms with Crippen LogP contribution in [-0.2, 0) is 0 Å². The zero-order chi connectivity index (χ0) is 27.0. The topological polar surface area (TPSA) is 157 Å². The lowest BCUT2D eigenvalue weighted by Gasteiger charge is -2.37. The van der Waals surface area contributed by atoms with Crippen molar-refractivity contribution in [3.8, 4) is 11.9 Å². The lowest BCUT2D eigenvalue weighted by atomic mass is 10.0. The van der Waals surface area contributed by atoms with Crippen LogP contribution in [0.1, 0.15) is 40.0 Å². The van der Waals surface area contributed by atoms with Gasteiger partial charge in [-0.1, -0.05) is 0 Å². The van der Waals surface area contributed by atoms with Gasteiger partial charge in [0.15, 0.2) is 11.6 Å². The molecule has 3 aromatic rings. The summed E-state index contributed by atoms with van der Waals surface area (Å²) in [5, 5.41) is 27.5. The molecule has 194 valence electrons. The van der Waals surface area contributed by atoms with Crippen LogP contribution in [0.25, 0.3) is 5.82 Å². The average molecular weight is 522 g/mol. The predicted octanol–water partition coefficient (Wildman–Crippen LogP) is 1.89. The molecular formula is C23H20F2N10O3. The van der Waals surface area contributed by atoms with E-state index >= 15 is 0 Å². The van der Waals surface area contributed by atoms with Crippen LogP contribution in [0.5, 0.6) is 0 Å². The fraction of sp³-hybridized carbons (Fsp3) is 0.304. The van der Waals surface area contributed by atoms with Gasteiger partial charge in [0, 0.05) is 38.8 Å². The second-order valence-corrected chi connectivity index (χ2v) is 8.58. The zero-order valence-electron chi connectivity index (χ0n) is 20.0. The summed E-state index contributed by atoms with van der Waals surface area (Å²) in [4.78, 5) is 39.8. The highest BCUT2D eigenvalue weighted by Crippen LogP contribution is 2.30. The van der Waals surface area contributed by atoms with Crippen molar-refractivity contribution in [2.45, 2.75) is 19.4 Å². The lowest BCUT2D eigenvalue weighted by Crippen LogP contribution is -2.52. The van der Waals surface area contributed by atoms with E-state index in [1.165, 1.54) is 18.0 Å². The van der Waals surface area contributed by atoms with E-state index in [-0.39, 0.29) is 42.3 Å². The van der Waals surface area contributed by atoms with Crippen molar-refractivity contribution in [3.05, 3.63) is 58.8 Å². The number of carboxylic acids is 1. The minimum atomic E-state index is -1.35. The van der Waals surface area contributed by atoms with Gasteiger partial charge in [-0.15, -0.1) is 5.10 Å². The van der Waals surface area contributed by atoms with Crippen LogP contribution in [0.15, 0.2) is 29.5 Å². The maximum absolute atomic E-state index is 14.5. The third-order valence-corrected chi connectivity index (χ3v) is 6.17. The molecule has 0 aliphatic carbocycles. The molecule has 0 radical (unpaired) electrons. The third-order valence-electron chi connectivity index (χ3n) is 6.17. The number of anilines is 1. The Morgan fingerprint density at radius 2 is 1.89 bits per heavy atom. The summed E-state index contributed by atoms with van der Waals surface area (Å²) in [6.07, 6.45) is 2.93. The molecule has 2 amide bonds. The van der Waals surface area contributed by atoms with Gasteiger partial charge >= 0.3 is 12.0 Å². The predicted molar refractivity (Wildman–Crippen MR) is 127 cm³/mol. The number of amides is 2. The fourth-order valence-electron chi connectivity index (χ4n) is 4.32. The molecule has 2 aliphatic rings. The number of piperazine rings is 1. The van der Waals surface area contributed by atoms with Crippen molar-refractivity contribution in [1.29, 1.82) is 5.26 Å². The Hall–Kier alpha value is -5.00. The van der Waals surface area contributed by atoms with Gasteiger partial charge in [-0.2, -0.15) is 20.0 Å². The Kier molecular flexibility index (Phi) is 6.37. The number of urea groups is 1. The van der Waals surface area contributed by atoms with Crippen LogP contribution < -0.4 is 4.90 Å². The van der Waals surface area contributed by atoms with E-state index in [0.29, 0.717) is 25.1 Å². The highest BCUT2D eigenvalue weighted by atomic mass is 19.1. The Labute approximate surface area is 214 Å². The molecule has 0 bridgehead atoms. The number of carboxylic acid groups (broad SMARTS) is 1. The first-order valence-corrected chi connectivity index (χ1v) is 11.5. The molecular weight excluding hydrogens is 502 g/mol. The van der Waals surface area contributed by atoms with Gasteiger partial charge in [0.1, 0.15) is 11.6 Å². The van der Waals surface area contributed by atoms with Crippen molar-refractivity contribution < 1.29 is 23.5 Å². The van der Waals surface area contributed by atoms with Gasteiger partial charge in [0.25, 0.3) is 5.82 Å². The normalized spacial score (nSPS) is 17.1. The highest BCUT2D eigenvalue weighted by Gasteiger charge is 2.34. The number of hydrogen-bond donors (Lipinski definition) is 1. The van der Waals surface area contributed by atoms with Gasteiger partial charge in [0.2, 0.25) is 5.95 Å². The number of carbonyl (C=O) groups is 2. The van der Waals surface area contributed by atoms with E-state index in [2.05, 4.69) is 25.2 Å². The van der Waals surface area contributed by atoms with Crippen LogP contribution in [0.3, 0.4) is 0 Å². The van der Waals surface area contributed by atoms with Crippen molar-refractivity contribution >= 4 is 24.2 Å². The van der Waals surface area contributed by atoms with Crippen LogP contribution >= 0.6 is 0 Å². The summed E-state index contributed by atoms with van der Waals surface area (Å²) in [5.74, 6) is -3.13. The number of nitriles is 1. The lowest BCUT2D eigenvalue weighted by molar-refractivity contribution is 0.0683. The van der Waals surface area contributed by atoms with Gasteiger partial charge < -0.3 is 14.9 Å². The van der Waals surface area contributed by atoms with Crippen LogP contribution in [-0.4, -0.2) is 84.1 Å². The smallest absolute Gasteiger partial charge is 0.375 e. The quantitative estimate of drug-likeness (QED) is 0.540. The Morgan fingerprint density at radius 1 is 1.13 bits per heavy atom. The molecule has 1 fully saturated rings. The Balaban J connectivity index is 1.29. The maximum atomic E-state index is 14.5. The van der Waals surface area contributed by atoms with Crippen molar-refractivity contribution in [2.24, 2.45) is 5.10 Å². The second-order valence-electron chi connectivity index (χ2n) is 8.58. The first-order valence-electron chi connectivity index (χ1n) is 11.5. The Bertz CT molecular complexity index is 1490. The summed E-state index contributed by atoms with van der Waals surface area (Å²) < 4.78 is 29.5. The van der Waals surface area contributed by atoms with Crippen LogP contribution in [0, 0.1) is 29.9 Å². The number of aromatic nitrogens is 5. The number of nitrogens with zero attached hydrogens (tertiary/aromatic N) is 10. The van der Waals surface area contributed by atoms with E-state index in [0.717, 1.165) is 16.9 Å². The van der Waals surface area contributed by atoms with Gasteiger partial charge in [-0.25, -0.2) is 33.3 Å². The minimum absolute atomic E-state index is 0.141. The second kappa shape index (κ2) is 9.81. The third kappa shape index (κ3) is 4.59. The van der Waals surface area contributed by atoms with E-state index in [1.807, 2.05) is 6.07 Å². The largest absolute Gasteiger partial charge is 0.475 e. The molecule has 1 unspecified atom stereocenters. The number of aromatic carboxylic acids is 1. The van der Waals surface area contributed by atoms with Crippen LogP contribution in [0.2, 0.25) is 0 Å². The van der Waals surface area contributed by atoms with E-state index < -0.39 is 29.5 Å². The number of benzene rings is 1. The number of aryl methyl sites for hydroxylation is 1. The first-order chi connectivity index (χ1) is 18.2. The Morgan fingerprint density at radius 3 is 2.58 bits per heavy atom. The molecule has 2 aromatic heterocycles. The molecule has 4 heterocycles. The summed E-state index contributed by atoms with van der Waals surface area (Å²) in [5.41, 5.74) is 0.639. The van der Waals surface area contributed by atoms with Crippen molar-refractivity contribution in [3.63, 3.8) is 0 Å². The van der Waals surface area contributed by atoms with E-state index in [4.69, 9.17) is 10.4 Å². The molecule has 38 heavy (non-hydrogen) atoms. The molecule has 1 atom stereocenters. The highest BCUT2D eigenvalue weighted by molar-refractivity contribution is 5.83. The number of rotatable bonds is 4. The monoisotopic (exact) mass is 522 g/mol. The molecule has 5 rings (SSSR count). The van der Waals surface area contributed by atoms with Gasteiger partial charge in [0.05, 0.1) is 23.9 Å². The standard InChI is InChI=1S/C23H20F2N10O3/c1-13-29-19(21(36)37)31-34(13)20-17(25)12-27-22(30-20)32-4-6-33(7-5-32)23(38)35-18(2-3-28-35)15-8-14(11-26)9-16(24)10-15/h3,8-10,12,18H,2,4-7H2,1H3,(H,36,37). The number of hydrazone groups is 1. The molecule has 1 aromatic carbocycles. The van der Waals surface area contributed by atoms with Crippen LogP contribution in [0.4, 0.5) is 19.5 Å². The minimum Gasteiger partial charge on any atom is -0.475 e. The van der Waals surface area contributed by atoms with Gasteiger partial charge in [-0.3, -0.25) is 0 Å². The SMILES string of the molecule is Cc1nc(C(=O)O)nn1-c1nc(N2CCN(C(=O)N3N=CCC3c3cc(F)cc(C#N)c3)CC2)ncc1F. The molecule has 13 nitrogen and oxygen atoms in total. The maximum Gasteiger partial charge on any atom is 0.375 e. The molecule has 15 heteroatoms. The number of halogens is 2. The summed E-state index contributed by atoms with van der Waals surface area (Å²) in [7, 11) is 0. The summed E-state index contributed by atoms with van der Waals surface area (Å²) in [6, 6.07) is 4.97. The average Bonchev–Trinajstić information content (AvgIpc) is 3.55. The molecule has 1 saturated heterocycles. The van der Waals surface area contributed by atoms with E-state index in [9.17, 15) is 18.4 Å². The number of carbonyl (C=O) groups excluding carboxylic acids is 1. The van der Waals surface area contributed by atoms with Crippen molar-refractivity contribution in [2.75, 3.05) is 31.1 Å². The molecule has 0 spiro atoms. The first kappa shape index (κ1) is 24.7. The van der Waals surface area contributed by atoms with Gasteiger partial charge in [-0.05, 0) is 30.7 Å². The zero-order valence-corrected chi connectivity index (χ0v) is 20.0. The molecule has 1 N–H and O–H groups in total. The number of hydrogen-bond acceptors (Lipinski definition) is 9. The summed E-state index contributed by atoms with van der Waals surface area (Å²) in [6.45, 7) is 2.70. The van der Waals surface area contributed by atoms with E-state index in [1.54, 1.807) is 22.1 Å². The fourth-order valence-corrected chi connectivity index (χ4v) is 4.32. The summed E-state index contributed by atoms with van der Waals surface area (Å²) >= 11 is 0. The van der Waals surface area contributed by atoms with Crippen molar-refractivity contribution in [1.82, 2.24) is 34.6 Å². The molecule has 0 saturated carbocycles. The molecule has 2 aliphatic heterocycles.